The average molecular weight is 295 g/mol. The van der Waals surface area contributed by atoms with E-state index in [1.54, 1.807) is 12.1 Å². The monoisotopic (exact) mass is 295 g/mol. The van der Waals surface area contributed by atoms with Gasteiger partial charge in [-0.3, -0.25) is 4.68 Å². The lowest BCUT2D eigenvalue weighted by Gasteiger charge is -2.10. The number of carboxylic acid groups (broad SMARTS) is 1. The number of hydrogen-bond donors (Lipinski definition) is 1. The molecule has 2 aromatic heterocycles. The maximum absolute atomic E-state index is 11.2. The van der Waals surface area contributed by atoms with Gasteiger partial charge in [0, 0.05) is 34.5 Å². The lowest BCUT2D eigenvalue weighted by Crippen LogP contribution is -2.08. The van der Waals surface area contributed by atoms with Gasteiger partial charge < -0.3 is 9.67 Å². The van der Waals surface area contributed by atoms with E-state index >= 15 is 0 Å². The van der Waals surface area contributed by atoms with Crippen LogP contribution in [0.5, 0.6) is 0 Å². The number of carbonyl (C=O) groups is 1. The average Bonchev–Trinajstić information content (AvgIpc) is 3.15. The number of aromatic carboxylic acids is 1. The van der Waals surface area contributed by atoms with Crippen molar-refractivity contribution in [1.82, 2.24) is 14.3 Å². The van der Waals surface area contributed by atoms with Crippen LogP contribution >= 0.6 is 0 Å². The molecule has 0 amide bonds. The fraction of sp³-hybridized carbons (Fsp3) is 0.294. The zero-order valence-electron chi connectivity index (χ0n) is 12.4. The van der Waals surface area contributed by atoms with E-state index in [0.29, 0.717) is 18.2 Å². The van der Waals surface area contributed by atoms with E-state index in [4.69, 9.17) is 5.11 Å². The summed E-state index contributed by atoms with van der Waals surface area (Å²) in [5, 5.41) is 14.5. The van der Waals surface area contributed by atoms with Gasteiger partial charge in [-0.1, -0.05) is 0 Å². The molecule has 1 aliphatic carbocycles. The molecule has 22 heavy (non-hydrogen) atoms. The van der Waals surface area contributed by atoms with Gasteiger partial charge in [-0.2, -0.15) is 5.10 Å². The van der Waals surface area contributed by atoms with E-state index in [1.165, 1.54) is 18.5 Å². The van der Waals surface area contributed by atoms with Crippen LogP contribution in [0.25, 0.3) is 10.9 Å². The number of nitrogens with zero attached hydrogens (tertiary/aromatic N) is 3. The molecule has 112 valence electrons. The number of hydrogen-bond acceptors (Lipinski definition) is 2. The topological polar surface area (TPSA) is 60.1 Å². The molecule has 1 fully saturated rings. The van der Waals surface area contributed by atoms with Gasteiger partial charge in [-0.15, -0.1) is 0 Å². The standard InChI is InChI=1S/C17H17N3O2/c1-11-6-7-18-19(11)10-15-9-13-8-12(17(21)22)2-5-16(13)20(15)14-3-4-14/h2,5-9,14H,3-4,10H2,1H3,(H,21,22). The first-order valence-corrected chi connectivity index (χ1v) is 7.49. The summed E-state index contributed by atoms with van der Waals surface area (Å²) >= 11 is 0. The third-order valence-corrected chi connectivity index (χ3v) is 4.32. The highest BCUT2D eigenvalue weighted by molar-refractivity contribution is 5.94. The van der Waals surface area contributed by atoms with Gasteiger partial charge in [0.15, 0.2) is 0 Å². The Labute approximate surface area is 127 Å². The highest BCUT2D eigenvalue weighted by Gasteiger charge is 2.27. The van der Waals surface area contributed by atoms with Gasteiger partial charge in [-0.05, 0) is 50.1 Å². The lowest BCUT2D eigenvalue weighted by molar-refractivity contribution is 0.0697. The van der Waals surface area contributed by atoms with Gasteiger partial charge in [0.05, 0.1) is 12.1 Å². The Morgan fingerprint density at radius 3 is 2.77 bits per heavy atom. The summed E-state index contributed by atoms with van der Waals surface area (Å²) in [5.74, 6) is -0.884. The summed E-state index contributed by atoms with van der Waals surface area (Å²) < 4.78 is 4.33. The van der Waals surface area contributed by atoms with E-state index in [9.17, 15) is 4.79 Å². The number of benzene rings is 1. The first-order valence-electron chi connectivity index (χ1n) is 7.49. The predicted molar refractivity (Wildman–Crippen MR) is 83.2 cm³/mol. The Morgan fingerprint density at radius 1 is 1.32 bits per heavy atom. The van der Waals surface area contributed by atoms with E-state index in [-0.39, 0.29) is 0 Å². The van der Waals surface area contributed by atoms with Crippen LogP contribution in [-0.2, 0) is 6.54 Å². The first-order chi connectivity index (χ1) is 10.6. The van der Waals surface area contributed by atoms with Crippen LogP contribution in [0.3, 0.4) is 0 Å². The molecule has 0 unspecified atom stereocenters. The Bertz CT molecular complexity index is 871. The molecule has 0 aliphatic heterocycles. The Balaban J connectivity index is 1.84. The largest absolute Gasteiger partial charge is 0.478 e. The Hall–Kier alpha value is -2.56. The van der Waals surface area contributed by atoms with E-state index < -0.39 is 5.97 Å². The van der Waals surface area contributed by atoms with Gasteiger partial charge in [0.25, 0.3) is 0 Å². The second-order valence-corrected chi connectivity index (χ2v) is 5.95. The highest BCUT2D eigenvalue weighted by atomic mass is 16.4. The van der Waals surface area contributed by atoms with E-state index in [1.807, 2.05) is 29.9 Å². The molecular weight excluding hydrogens is 278 g/mol. The normalized spacial score (nSPS) is 14.6. The second kappa shape index (κ2) is 4.73. The molecule has 2 heterocycles. The van der Waals surface area contributed by atoms with Crippen LogP contribution in [0, 0.1) is 6.92 Å². The third kappa shape index (κ3) is 2.09. The van der Waals surface area contributed by atoms with Gasteiger partial charge in [-0.25, -0.2) is 4.79 Å². The molecule has 4 rings (SSSR count). The van der Waals surface area contributed by atoms with Crippen LogP contribution in [0.2, 0.25) is 0 Å². The zero-order chi connectivity index (χ0) is 15.3. The van der Waals surface area contributed by atoms with Crippen LogP contribution in [0.4, 0.5) is 0 Å². The molecule has 0 radical (unpaired) electrons. The van der Waals surface area contributed by atoms with Crippen molar-refractivity contribution in [3.05, 3.63) is 53.5 Å². The molecule has 0 bridgehead atoms. The zero-order valence-corrected chi connectivity index (χ0v) is 12.4. The SMILES string of the molecule is Cc1ccnn1Cc1cc2cc(C(=O)O)ccc2n1C1CC1. The van der Waals surface area contributed by atoms with Crippen LogP contribution in [0.15, 0.2) is 36.5 Å². The van der Waals surface area contributed by atoms with Crippen molar-refractivity contribution in [3.8, 4) is 0 Å². The first kappa shape index (κ1) is 13.1. The van der Waals surface area contributed by atoms with Crippen LogP contribution < -0.4 is 0 Å². The third-order valence-electron chi connectivity index (χ3n) is 4.32. The quantitative estimate of drug-likeness (QED) is 0.804. The number of rotatable bonds is 4. The summed E-state index contributed by atoms with van der Waals surface area (Å²) in [6.45, 7) is 2.76. The fourth-order valence-corrected chi connectivity index (χ4v) is 3.03. The molecule has 1 N–H and O–H groups in total. The smallest absolute Gasteiger partial charge is 0.335 e. The van der Waals surface area contributed by atoms with Gasteiger partial charge >= 0.3 is 5.97 Å². The van der Waals surface area contributed by atoms with Crippen molar-refractivity contribution in [2.45, 2.75) is 32.4 Å². The summed E-state index contributed by atoms with van der Waals surface area (Å²) in [6, 6.07) is 10.0. The fourth-order valence-electron chi connectivity index (χ4n) is 3.03. The number of aromatic nitrogens is 3. The minimum atomic E-state index is -0.884. The summed E-state index contributed by atoms with van der Waals surface area (Å²) in [7, 11) is 0. The molecule has 3 aromatic rings. The minimum Gasteiger partial charge on any atom is -0.478 e. The second-order valence-electron chi connectivity index (χ2n) is 5.95. The molecule has 0 spiro atoms. The van der Waals surface area contributed by atoms with E-state index in [0.717, 1.165) is 16.6 Å². The minimum absolute atomic E-state index is 0.335. The van der Waals surface area contributed by atoms with Crippen molar-refractivity contribution in [2.75, 3.05) is 0 Å². The Morgan fingerprint density at radius 2 is 2.14 bits per heavy atom. The number of aryl methyl sites for hydroxylation is 1. The molecule has 0 atom stereocenters. The molecular formula is C17H17N3O2. The lowest BCUT2D eigenvalue weighted by atomic mass is 10.1. The maximum atomic E-state index is 11.2. The molecule has 1 aliphatic rings. The van der Waals surface area contributed by atoms with Crippen molar-refractivity contribution in [1.29, 1.82) is 0 Å². The Kier molecular flexibility index (Phi) is 2.82. The van der Waals surface area contributed by atoms with Crippen molar-refractivity contribution in [2.24, 2.45) is 0 Å². The highest BCUT2D eigenvalue weighted by Crippen LogP contribution is 2.40. The number of carboxylic acids is 1. The number of fused-ring (bicyclic) bond motifs is 1. The molecule has 5 heteroatoms. The molecule has 1 aromatic carbocycles. The van der Waals surface area contributed by atoms with Crippen molar-refractivity contribution in [3.63, 3.8) is 0 Å². The van der Waals surface area contributed by atoms with Gasteiger partial charge in [0.2, 0.25) is 0 Å². The van der Waals surface area contributed by atoms with E-state index in [2.05, 4.69) is 15.7 Å². The molecule has 1 saturated carbocycles. The van der Waals surface area contributed by atoms with Crippen LogP contribution in [-0.4, -0.2) is 25.4 Å². The maximum Gasteiger partial charge on any atom is 0.335 e. The summed E-state index contributed by atoms with van der Waals surface area (Å²) in [4.78, 5) is 11.2. The molecule has 0 saturated heterocycles. The summed E-state index contributed by atoms with van der Waals surface area (Å²) in [6.07, 6.45) is 4.19. The summed E-state index contributed by atoms with van der Waals surface area (Å²) in [5.41, 5.74) is 3.76. The molecule has 5 nitrogen and oxygen atoms in total. The van der Waals surface area contributed by atoms with Gasteiger partial charge in [0.1, 0.15) is 0 Å². The van der Waals surface area contributed by atoms with Crippen molar-refractivity contribution >= 4 is 16.9 Å². The van der Waals surface area contributed by atoms with Crippen molar-refractivity contribution < 1.29 is 9.90 Å². The van der Waals surface area contributed by atoms with Crippen LogP contribution in [0.1, 0.15) is 40.6 Å². The predicted octanol–water partition coefficient (Wildman–Crippen LogP) is 3.23.